The molecule has 19 heavy (non-hydrogen) atoms. The van der Waals surface area contributed by atoms with Gasteiger partial charge in [0.05, 0.1) is 0 Å². The van der Waals surface area contributed by atoms with Gasteiger partial charge in [-0.3, -0.25) is 4.79 Å². The van der Waals surface area contributed by atoms with E-state index in [2.05, 4.69) is 42.7 Å². The summed E-state index contributed by atoms with van der Waals surface area (Å²) in [6.45, 7) is 5.44. The van der Waals surface area contributed by atoms with Crippen LogP contribution in [-0.2, 0) is 11.2 Å². The highest BCUT2D eigenvalue weighted by Crippen LogP contribution is 2.26. The smallest absolute Gasteiger partial charge is 0.224 e. The van der Waals surface area contributed by atoms with E-state index in [1.807, 2.05) is 0 Å². The molecular weight excluding hydrogens is 236 g/mol. The molecule has 1 atom stereocenters. The maximum Gasteiger partial charge on any atom is 0.224 e. The van der Waals surface area contributed by atoms with Crippen molar-refractivity contribution in [3.63, 3.8) is 0 Å². The normalized spacial score (nSPS) is 16.4. The fourth-order valence-corrected chi connectivity index (χ4v) is 2.63. The number of hydrogen-bond donors (Lipinski definition) is 2. The minimum Gasteiger partial charge on any atom is -0.326 e. The Bertz CT molecular complexity index is 442. The number of benzene rings is 1. The molecular formula is C16H24N2O. The molecule has 1 aromatic rings. The van der Waals surface area contributed by atoms with Crippen LogP contribution < -0.4 is 10.6 Å². The fraction of sp³-hybridized carbons (Fsp3) is 0.562. The van der Waals surface area contributed by atoms with Gasteiger partial charge in [-0.25, -0.2) is 0 Å². The molecule has 0 spiro atoms. The van der Waals surface area contributed by atoms with E-state index < -0.39 is 0 Å². The molecule has 3 heteroatoms. The molecule has 2 rings (SSSR count). The topological polar surface area (TPSA) is 41.1 Å². The Balaban J connectivity index is 2.19. The number of anilines is 1. The van der Waals surface area contributed by atoms with Gasteiger partial charge in [-0.1, -0.05) is 26.0 Å². The molecule has 1 unspecified atom stereocenters. The molecule has 0 fully saturated rings. The lowest BCUT2D eigenvalue weighted by atomic mass is 9.98. The van der Waals surface area contributed by atoms with Crippen molar-refractivity contribution in [2.24, 2.45) is 0 Å². The van der Waals surface area contributed by atoms with Crippen molar-refractivity contribution < 1.29 is 4.79 Å². The molecule has 1 aromatic carbocycles. The van der Waals surface area contributed by atoms with E-state index >= 15 is 0 Å². The van der Waals surface area contributed by atoms with E-state index in [0.717, 1.165) is 37.9 Å². The summed E-state index contributed by atoms with van der Waals surface area (Å²) in [5.74, 6) is 0.141. The van der Waals surface area contributed by atoms with Crippen LogP contribution in [-0.4, -0.2) is 12.5 Å². The lowest BCUT2D eigenvalue weighted by Gasteiger charge is -2.19. The van der Waals surface area contributed by atoms with Crippen molar-refractivity contribution in [3.05, 3.63) is 29.3 Å². The number of carbonyl (C=O) groups excluding carboxylic acids is 1. The average molecular weight is 260 g/mol. The lowest BCUT2D eigenvalue weighted by Crippen LogP contribution is -2.21. The van der Waals surface area contributed by atoms with Gasteiger partial charge < -0.3 is 10.6 Å². The third-order valence-electron chi connectivity index (χ3n) is 3.70. The van der Waals surface area contributed by atoms with Gasteiger partial charge in [0.2, 0.25) is 5.91 Å². The zero-order valence-corrected chi connectivity index (χ0v) is 12.0. The van der Waals surface area contributed by atoms with Crippen LogP contribution in [0.2, 0.25) is 0 Å². The summed E-state index contributed by atoms with van der Waals surface area (Å²) in [6.07, 6.45) is 4.81. The van der Waals surface area contributed by atoms with Gasteiger partial charge in [0.15, 0.2) is 0 Å². The molecule has 0 saturated heterocycles. The number of aryl methyl sites for hydroxylation is 1. The SMILES string of the molecule is CCCNC(CC)c1ccc2c(c1)CCCC(=O)N2. The number of rotatable bonds is 5. The molecule has 0 saturated carbocycles. The van der Waals surface area contributed by atoms with E-state index in [4.69, 9.17) is 0 Å². The van der Waals surface area contributed by atoms with Gasteiger partial charge in [0.1, 0.15) is 0 Å². The first-order valence-electron chi connectivity index (χ1n) is 7.40. The Hall–Kier alpha value is -1.35. The molecule has 1 amide bonds. The van der Waals surface area contributed by atoms with Gasteiger partial charge in [-0.2, -0.15) is 0 Å². The Labute approximate surface area is 115 Å². The van der Waals surface area contributed by atoms with Crippen LogP contribution in [0.1, 0.15) is 56.7 Å². The first kappa shape index (κ1) is 14.1. The highest BCUT2D eigenvalue weighted by atomic mass is 16.1. The maximum atomic E-state index is 11.5. The summed E-state index contributed by atoms with van der Waals surface area (Å²) in [5, 5.41) is 6.57. The van der Waals surface area contributed by atoms with Gasteiger partial charge >= 0.3 is 0 Å². The average Bonchev–Trinajstić information content (AvgIpc) is 2.60. The maximum absolute atomic E-state index is 11.5. The summed E-state index contributed by atoms with van der Waals surface area (Å²) in [6, 6.07) is 6.88. The first-order chi connectivity index (χ1) is 9.24. The van der Waals surface area contributed by atoms with Crippen LogP contribution in [0, 0.1) is 0 Å². The van der Waals surface area contributed by atoms with Crippen molar-refractivity contribution >= 4 is 11.6 Å². The van der Waals surface area contributed by atoms with E-state index in [-0.39, 0.29) is 5.91 Å². The van der Waals surface area contributed by atoms with Gasteiger partial charge in [0, 0.05) is 18.2 Å². The molecule has 1 aliphatic rings. The number of nitrogens with one attached hydrogen (secondary N) is 2. The predicted molar refractivity (Wildman–Crippen MR) is 79.3 cm³/mol. The Morgan fingerprint density at radius 1 is 1.32 bits per heavy atom. The second kappa shape index (κ2) is 6.71. The van der Waals surface area contributed by atoms with Crippen molar-refractivity contribution in [1.29, 1.82) is 0 Å². The number of amides is 1. The van der Waals surface area contributed by atoms with Crippen LogP contribution in [0.15, 0.2) is 18.2 Å². The summed E-state index contributed by atoms with van der Waals surface area (Å²) in [7, 11) is 0. The molecule has 0 aliphatic carbocycles. The molecule has 0 bridgehead atoms. The van der Waals surface area contributed by atoms with Crippen LogP contribution in [0.25, 0.3) is 0 Å². The van der Waals surface area contributed by atoms with Gasteiger partial charge in [-0.15, -0.1) is 0 Å². The van der Waals surface area contributed by atoms with Crippen molar-refractivity contribution in [3.8, 4) is 0 Å². The third kappa shape index (κ3) is 3.57. The van der Waals surface area contributed by atoms with Crippen LogP contribution in [0.5, 0.6) is 0 Å². The fourth-order valence-electron chi connectivity index (χ4n) is 2.63. The van der Waals surface area contributed by atoms with Crippen molar-refractivity contribution in [1.82, 2.24) is 5.32 Å². The highest BCUT2D eigenvalue weighted by molar-refractivity contribution is 5.92. The van der Waals surface area contributed by atoms with Crippen molar-refractivity contribution in [2.75, 3.05) is 11.9 Å². The summed E-state index contributed by atoms with van der Waals surface area (Å²) in [4.78, 5) is 11.5. The number of carbonyl (C=O) groups is 1. The van der Waals surface area contributed by atoms with E-state index in [1.165, 1.54) is 11.1 Å². The minimum atomic E-state index is 0.141. The minimum absolute atomic E-state index is 0.141. The standard InChI is InChI=1S/C16H24N2O/c1-3-10-17-14(4-2)13-8-9-15-12(11-13)6-5-7-16(19)18-15/h8-9,11,14,17H,3-7,10H2,1-2H3,(H,18,19). The molecule has 2 N–H and O–H groups in total. The molecule has 1 heterocycles. The summed E-state index contributed by atoms with van der Waals surface area (Å²) < 4.78 is 0. The van der Waals surface area contributed by atoms with Gasteiger partial charge in [0.25, 0.3) is 0 Å². The Morgan fingerprint density at radius 2 is 2.16 bits per heavy atom. The zero-order chi connectivity index (χ0) is 13.7. The largest absolute Gasteiger partial charge is 0.326 e. The molecule has 0 aromatic heterocycles. The summed E-state index contributed by atoms with van der Waals surface area (Å²) >= 11 is 0. The number of hydrogen-bond acceptors (Lipinski definition) is 2. The van der Waals surface area contributed by atoms with Crippen LogP contribution in [0.3, 0.4) is 0 Å². The lowest BCUT2D eigenvalue weighted by molar-refractivity contribution is -0.116. The molecule has 3 nitrogen and oxygen atoms in total. The second-order valence-electron chi connectivity index (χ2n) is 5.23. The summed E-state index contributed by atoms with van der Waals surface area (Å²) in [5.41, 5.74) is 3.61. The number of fused-ring (bicyclic) bond motifs is 1. The molecule has 1 aliphatic heterocycles. The van der Waals surface area contributed by atoms with Crippen molar-refractivity contribution in [2.45, 2.75) is 52.0 Å². The first-order valence-corrected chi connectivity index (χ1v) is 7.40. The molecule has 104 valence electrons. The third-order valence-corrected chi connectivity index (χ3v) is 3.70. The predicted octanol–water partition coefficient (Wildman–Crippen LogP) is 3.41. The van der Waals surface area contributed by atoms with Gasteiger partial charge in [-0.05, 0) is 49.4 Å². The van der Waals surface area contributed by atoms with Crippen LogP contribution in [0.4, 0.5) is 5.69 Å². The highest BCUT2D eigenvalue weighted by Gasteiger charge is 2.15. The molecule has 0 radical (unpaired) electrons. The van der Waals surface area contributed by atoms with E-state index in [1.54, 1.807) is 0 Å². The Kier molecular flexibility index (Phi) is 4.97. The quantitative estimate of drug-likeness (QED) is 0.851. The second-order valence-corrected chi connectivity index (χ2v) is 5.23. The Morgan fingerprint density at radius 3 is 2.89 bits per heavy atom. The van der Waals surface area contributed by atoms with Crippen LogP contribution >= 0.6 is 0 Å². The monoisotopic (exact) mass is 260 g/mol. The zero-order valence-electron chi connectivity index (χ0n) is 12.0. The van der Waals surface area contributed by atoms with E-state index in [9.17, 15) is 4.79 Å². The van der Waals surface area contributed by atoms with E-state index in [0.29, 0.717) is 12.5 Å².